The lowest BCUT2D eigenvalue weighted by molar-refractivity contribution is 0.275. The highest BCUT2D eigenvalue weighted by molar-refractivity contribution is 7.45. The molecule has 0 fully saturated rings. The summed E-state index contributed by atoms with van der Waals surface area (Å²) in [6.07, 6.45) is 2.17. The number of fused-ring (bicyclic) bond motifs is 2. The molecule has 140 valence electrons. The van der Waals surface area contributed by atoms with E-state index in [1.807, 2.05) is 24.3 Å². The van der Waals surface area contributed by atoms with E-state index in [0.717, 1.165) is 35.4 Å². The molecule has 0 aliphatic heterocycles. The van der Waals surface area contributed by atoms with Crippen molar-refractivity contribution in [3.63, 3.8) is 0 Å². The molecule has 3 N–H and O–H groups in total. The number of phosphoric acid groups is 1. The molecule has 3 aromatic rings. The van der Waals surface area contributed by atoms with Gasteiger partial charge in [0.05, 0.1) is 11.0 Å². The first-order valence-electron chi connectivity index (χ1n) is 8.05. The number of nitrogens with zero attached hydrogens (tertiary/aromatic N) is 2. The molecular weight excluding hydrogens is 375 g/mol. The van der Waals surface area contributed by atoms with Gasteiger partial charge in [0.25, 0.3) is 0 Å². The van der Waals surface area contributed by atoms with Crippen LogP contribution in [0.2, 0.25) is 5.02 Å². The van der Waals surface area contributed by atoms with E-state index < -0.39 is 7.82 Å². The summed E-state index contributed by atoms with van der Waals surface area (Å²) in [7, 11) is -0.417. The minimum absolute atomic E-state index is 0.772. The van der Waals surface area contributed by atoms with Gasteiger partial charge in [0.15, 0.2) is 0 Å². The van der Waals surface area contributed by atoms with Crippen molar-refractivity contribution in [2.75, 3.05) is 20.6 Å². The molecule has 0 saturated carbocycles. The van der Waals surface area contributed by atoms with Crippen LogP contribution in [0.15, 0.2) is 42.5 Å². The molecule has 26 heavy (non-hydrogen) atoms. The Labute approximate surface area is 157 Å². The van der Waals surface area contributed by atoms with Crippen LogP contribution in [0.1, 0.15) is 12.0 Å². The van der Waals surface area contributed by atoms with Crippen molar-refractivity contribution in [1.29, 1.82) is 0 Å². The average Bonchev–Trinajstić information content (AvgIpc) is 2.53. The molecular formula is C18H22ClN2O4P. The zero-order chi connectivity index (χ0) is 19.3. The summed E-state index contributed by atoms with van der Waals surface area (Å²) in [5.74, 6) is 0. The second-order valence-electron chi connectivity index (χ2n) is 6.19. The van der Waals surface area contributed by atoms with Gasteiger partial charge in [-0.15, -0.1) is 0 Å². The van der Waals surface area contributed by atoms with E-state index in [1.165, 1.54) is 16.3 Å². The Bertz CT molecular complexity index is 935. The molecule has 0 amide bonds. The molecule has 0 aliphatic carbocycles. The van der Waals surface area contributed by atoms with Crippen LogP contribution < -0.4 is 0 Å². The summed E-state index contributed by atoms with van der Waals surface area (Å²) in [5, 5.41) is 3.19. The van der Waals surface area contributed by atoms with Gasteiger partial charge in [0.2, 0.25) is 0 Å². The van der Waals surface area contributed by atoms with E-state index in [0.29, 0.717) is 0 Å². The standard InChI is InChI=1S/C18H19ClN2.H3O4P/c1-21(2)11-5-7-14-15-6-3-4-8-17(15)20-18-10-9-13(19)12-16(14)18;1-5(2,3)4/h3-4,6,8-10,12H,5,7,11H2,1-2H3;(H3,1,2,3,4). The summed E-state index contributed by atoms with van der Waals surface area (Å²) in [5.41, 5.74) is 3.45. The molecule has 0 unspecified atom stereocenters. The Kier molecular flexibility index (Phi) is 7.12. The minimum atomic E-state index is -4.64. The molecule has 8 heteroatoms. The smallest absolute Gasteiger partial charge is 0.309 e. The molecule has 3 rings (SSSR count). The Hall–Kier alpha value is -1.53. The zero-order valence-electron chi connectivity index (χ0n) is 14.6. The average molecular weight is 397 g/mol. The Balaban J connectivity index is 0.000000431. The van der Waals surface area contributed by atoms with E-state index >= 15 is 0 Å². The molecule has 1 heterocycles. The number of hydrogen-bond donors (Lipinski definition) is 3. The van der Waals surface area contributed by atoms with Crippen molar-refractivity contribution in [2.24, 2.45) is 0 Å². The highest BCUT2D eigenvalue weighted by Gasteiger charge is 2.09. The second kappa shape index (κ2) is 8.91. The van der Waals surface area contributed by atoms with Crippen molar-refractivity contribution in [3.05, 3.63) is 53.1 Å². The van der Waals surface area contributed by atoms with Crippen LogP contribution in [0.3, 0.4) is 0 Å². The summed E-state index contributed by atoms with van der Waals surface area (Å²) in [6.45, 7) is 1.08. The first-order valence-corrected chi connectivity index (χ1v) is 9.99. The molecule has 0 saturated heterocycles. The summed E-state index contributed by atoms with van der Waals surface area (Å²) >= 11 is 6.19. The van der Waals surface area contributed by atoms with Gasteiger partial charge >= 0.3 is 7.82 Å². The van der Waals surface area contributed by atoms with Gasteiger partial charge in [0, 0.05) is 15.8 Å². The van der Waals surface area contributed by atoms with Crippen molar-refractivity contribution in [2.45, 2.75) is 12.8 Å². The van der Waals surface area contributed by atoms with Crippen LogP contribution in [0.25, 0.3) is 21.8 Å². The third-order valence-electron chi connectivity index (χ3n) is 3.79. The minimum Gasteiger partial charge on any atom is -0.309 e. The van der Waals surface area contributed by atoms with Gasteiger partial charge in [-0.3, -0.25) is 0 Å². The van der Waals surface area contributed by atoms with Crippen LogP contribution in [0.4, 0.5) is 0 Å². The van der Waals surface area contributed by atoms with Gasteiger partial charge in [-0.05, 0) is 63.3 Å². The number of hydrogen-bond acceptors (Lipinski definition) is 3. The fourth-order valence-electron chi connectivity index (χ4n) is 2.79. The maximum atomic E-state index is 8.88. The molecule has 6 nitrogen and oxygen atoms in total. The van der Waals surface area contributed by atoms with Gasteiger partial charge < -0.3 is 19.6 Å². The lowest BCUT2D eigenvalue weighted by atomic mass is 9.98. The largest absolute Gasteiger partial charge is 0.466 e. The highest BCUT2D eigenvalue weighted by atomic mass is 35.5. The normalized spacial score (nSPS) is 11.7. The molecule has 0 atom stereocenters. The van der Waals surface area contributed by atoms with E-state index in [9.17, 15) is 0 Å². The number of pyridine rings is 1. The van der Waals surface area contributed by atoms with Gasteiger partial charge in [-0.2, -0.15) is 0 Å². The molecule has 0 radical (unpaired) electrons. The predicted octanol–water partition coefficient (Wildman–Crippen LogP) is 3.61. The van der Waals surface area contributed by atoms with Crippen molar-refractivity contribution in [3.8, 4) is 0 Å². The van der Waals surface area contributed by atoms with E-state index in [-0.39, 0.29) is 0 Å². The van der Waals surface area contributed by atoms with Crippen LogP contribution >= 0.6 is 19.4 Å². The second-order valence-corrected chi connectivity index (χ2v) is 7.65. The number of para-hydroxylation sites is 1. The predicted molar refractivity (Wildman–Crippen MR) is 105 cm³/mol. The van der Waals surface area contributed by atoms with Crippen molar-refractivity contribution >= 4 is 41.2 Å². The third kappa shape index (κ3) is 6.32. The summed E-state index contributed by atoms with van der Waals surface area (Å²) in [4.78, 5) is 28.5. The van der Waals surface area contributed by atoms with Crippen molar-refractivity contribution < 1.29 is 19.2 Å². The van der Waals surface area contributed by atoms with E-state index in [1.54, 1.807) is 0 Å². The maximum Gasteiger partial charge on any atom is 0.466 e. The van der Waals surface area contributed by atoms with Gasteiger partial charge in [-0.1, -0.05) is 29.8 Å². The van der Waals surface area contributed by atoms with Crippen LogP contribution in [-0.4, -0.2) is 45.2 Å². The van der Waals surface area contributed by atoms with E-state index in [2.05, 4.69) is 37.2 Å². The molecule has 0 aliphatic rings. The molecule has 0 spiro atoms. The highest BCUT2D eigenvalue weighted by Crippen LogP contribution is 2.29. The van der Waals surface area contributed by atoms with Crippen LogP contribution in [0.5, 0.6) is 0 Å². The monoisotopic (exact) mass is 396 g/mol. The first-order chi connectivity index (χ1) is 12.1. The van der Waals surface area contributed by atoms with Crippen molar-refractivity contribution in [1.82, 2.24) is 9.88 Å². The topological polar surface area (TPSA) is 93.9 Å². The lowest BCUT2D eigenvalue weighted by Crippen LogP contribution is -2.13. The first kappa shape index (κ1) is 20.8. The summed E-state index contributed by atoms with van der Waals surface area (Å²) < 4.78 is 8.88. The Morgan fingerprint density at radius 3 is 2.31 bits per heavy atom. The third-order valence-corrected chi connectivity index (χ3v) is 4.02. The summed E-state index contributed by atoms with van der Waals surface area (Å²) in [6, 6.07) is 14.3. The van der Waals surface area contributed by atoms with Gasteiger partial charge in [-0.25, -0.2) is 9.55 Å². The quantitative estimate of drug-likeness (QED) is 0.460. The van der Waals surface area contributed by atoms with Gasteiger partial charge in [0.1, 0.15) is 0 Å². The lowest BCUT2D eigenvalue weighted by Gasteiger charge is -2.13. The fourth-order valence-corrected chi connectivity index (χ4v) is 2.96. The van der Waals surface area contributed by atoms with Crippen LogP contribution in [0, 0.1) is 0 Å². The maximum absolute atomic E-state index is 8.88. The number of rotatable bonds is 4. The zero-order valence-corrected chi connectivity index (χ0v) is 16.3. The SMILES string of the molecule is CN(C)CCCc1c2ccccc2nc2ccc(Cl)cc12.O=P(O)(O)O. The van der Waals surface area contributed by atoms with E-state index in [4.69, 9.17) is 35.8 Å². The Morgan fingerprint density at radius 2 is 1.65 bits per heavy atom. The molecule has 1 aromatic heterocycles. The Morgan fingerprint density at radius 1 is 1.04 bits per heavy atom. The number of aromatic nitrogens is 1. The molecule has 2 aromatic carbocycles. The number of aryl methyl sites for hydroxylation is 1. The molecule has 0 bridgehead atoms. The fraction of sp³-hybridized carbons (Fsp3) is 0.278. The number of benzene rings is 2. The van der Waals surface area contributed by atoms with Crippen LogP contribution in [-0.2, 0) is 11.0 Å². The number of halogens is 1.